The molecule has 5 nitrogen and oxygen atoms in total. The summed E-state index contributed by atoms with van der Waals surface area (Å²) in [5, 5.41) is 6.33. The van der Waals surface area contributed by atoms with Crippen molar-refractivity contribution in [3.05, 3.63) is 32.7 Å². The molecule has 1 spiro atoms. The van der Waals surface area contributed by atoms with Crippen LogP contribution < -0.4 is 0 Å². The SMILES string of the molecule is Cc1nc(CN2CC3(CCN(Cc4nccs4)C3)CC2=O)cs1. The Labute approximate surface area is 144 Å². The van der Waals surface area contributed by atoms with E-state index in [0.29, 0.717) is 13.0 Å². The van der Waals surface area contributed by atoms with Crippen molar-refractivity contribution in [1.29, 1.82) is 0 Å². The van der Waals surface area contributed by atoms with Gasteiger partial charge in [-0.15, -0.1) is 22.7 Å². The van der Waals surface area contributed by atoms with Crippen LogP contribution in [0.3, 0.4) is 0 Å². The van der Waals surface area contributed by atoms with E-state index in [4.69, 9.17) is 0 Å². The van der Waals surface area contributed by atoms with Gasteiger partial charge in [0.15, 0.2) is 0 Å². The van der Waals surface area contributed by atoms with Crippen molar-refractivity contribution in [3.63, 3.8) is 0 Å². The first-order valence-electron chi connectivity index (χ1n) is 7.91. The number of hydrogen-bond donors (Lipinski definition) is 0. The normalized spacial score (nSPS) is 25.1. The second-order valence-corrected chi connectivity index (χ2v) is 8.71. The van der Waals surface area contributed by atoms with Crippen molar-refractivity contribution < 1.29 is 4.79 Å². The zero-order valence-corrected chi connectivity index (χ0v) is 14.8. The van der Waals surface area contributed by atoms with E-state index in [1.807, 2.05) is 23.4 Å². The minimum absolute atomic E-state index is 0.138. The molecule has 1 amide bonds. The molecule has 0 radical (unpaired) electrons. The average molecular weight is 348 g/mol. The summed E-state index contributed by atoms with van der Waals surface area (Å²) in [6.07, 6.45) is 3.66. The van der Waals surface area contributed by atoms with Crippen molar-refractivity contribution in [2.24, 2.45) is 5.41 Å². The van der Waals surface area contributed by atoms with Crippen molar-refractivity contribution in [1.82, 2.24) is 19.8 Å². The summed E-state index contributed by atoms with van der Waals surface area (Å²) in [6, 6.07) is 0. The van der Waals surface area contributed by atoms with Gasteiger partial charge in [0.2, 0.25) is 5.91 Å². The Kier molecular flexibility index (Phi) is 3.95. The molecule has 4 heterocycles. The van der Waals surface area contributed by atoms with Crippen LogP contribution in [-0.4, -0.2) is 45.3 Å². The van der Waals surface area contributed by atoms with Crippen LogP contribution in [0.25, 0.3) is 0 Å². The van der Waals surface area contributed by atoms with Crippen molar-refractivity contribution in [2.45, 2.75) is 32.9 Å². The highest BCUT2D eigenvalue weighted by Gasteiger charge is 2.47. The first kappa shape index (κ1) is 15.2. The Hall–Kier alpha value is -1.31. The standard InChI is InChI=1S/C16H20N4OS2/c1-12-18-13(9-23-12)7-20-11-16(6-15(20)21)2-4-19(10-16)8-14-17-3-5-22-14/h3,5,9H,2,4,6-8,10-11H2,1H3. The molecule has 2 aliphatic heterocycles. The molecule has 2 saturated heterocycles. The summed E-state index contributed by atoms with van der Waals surface area (Å²) in [7, 11) is 0. The van der Waals surface area contributed by atoms with Gasteiger partial charge in [-0.2, -0.15) is 0 Å². The van der Waals surface area contributed by atoms with E-state index in [2.05, 4.69) is 20.2 Å². The highest BCUT2D eigenvalue weighted by atomic mass is 32.1. The Bertz CT molecular complexity index is 699. The first-order chi connectivity index (χ1) is 11.1. The molecule has 2 aliphatic rings. The summed E-state index contributed by atoms with van der Waals surface area (Å²) in [5.41, 5.74) is 1.16. The molecule has 2 aromatic heterocycles. The van der Waals surface area contributed by atoms with Gasteiger partial charge in [0.1, 0.15) is 5.01 Å². The zero-order chi connectivity index (χ0) is 15.9. The van der Waals surface area contributed by atoms with Crippen LogP contribution in [0.5, 0.6) is 0 Å². The molecule has 0 aromatic carbocycles. The van der Waals surface area contributed by atoms with Gasteiger partial charge in [-0.1, -0.05) is 0 Å². The van der Waals surface area contributed by atoms with Gasteiger partial charge >= 0.3 is 0 Å². The maximum atomic E-state index is 12.4. The molecule has 2 aromatic rings. The van der Waals surface area contributed by atoms with Crippen molar-refractivity contribution in [3.8, 4) is 0 Å². The number of hydrogen-bond acceptors (Lipinski definition) is 6. The fraction of sp³-hybridized carbons (Fsp3) is 0.562. The molecule has 0 aliphatic carbocycles. The highest BCUT2D eigenvalue weighted by Crippen LogP contribution is 2.41. The zero-order valence-electron chi connectivity index (χ0n) is 13.2. The third-order valence-corrected chi connectivity index (χ3v) is 6.37. The topological polar surface area (TPSA) is 49.3 Å². The van der Waals surface area contributed by atoms with Crippen LogP contribution in [-0.2, 0) is 17.9 Å². The van der Waals surface area contributed by atoms with E-state index < -0.39 is 0 Å². The fourth-order valence-corrected chi connectivity index (χ4v) is 5.02. The molecule has 122 valence electrons. The Morgan fingerprint density at radius 2 is 2.22 bits per heavy atom. The number of carbonyl (C=O) groups is 1. The number of amides is 1. The van der Waals surface area contributed by atoms with Gasteiger partial charge in [0.25, 0.3) is 0 Å². The van der Waals surface area contributed by atoms with E-state index in [1.165, 1.54) is 5.01 Å². The lowest BCUT2D eigenvalue weighted by molar-refractivity contribution is -0.128. The van der Waals surface area contributed by atoms with Gasteiger partial charge in [0.05, 0.1) is 23.8 Å². The quantitative estimate of drug-likeness (QED) is 0.852. The van der Waals surface area contributed by atoms with Gasteiger partial charge in [-0.3, -0.25) is 9.69 Å². The molecular weight excluding hydrogens is 328 g/mol. The summed E-state index contributed by atoms with van der Waals surface area (Å²) in [6.45, 7) is 6.53. The second kappa shape index (κ2) is 5.96. The number of likely N-dealkylation sites (tertiary alicyclic amines) is 2. The first-order valence-corrected chi connectivity index (χ1v) is 9.67. The fourth-order valence-electron chi connectivity index (χ4n) is 3.76. The van der Waals surface area contributed by atoms with Crippen LogP contribution >= 0.6 is 22.7 Å². The molecule has 4 rings (SSSR count). The van der Waals surface area contributed by atoms with Gasteiger partial charge in [-0.05, 0) is 19.9 Å². The maximum absolute atomic E-state index is 12.4. The minimum atomic E-state index is 0.138. The van der Waals surface area contributed by atoms with Crippen LogP contribution in [0.2, 0.25) is 0 Å². The molecule has 1 unspecified atom stereocenters. The maximum Gasteiger partial charge on any atom is 0.223 e. The number of thiazole rings is 2. The third kappa shape index (κ3) is 3.18. The summed E-state index contributed by atoms with van der Waals surface area (Å²) in [5.74, 6) is 0.284. The average Bonchev–Trinajstić information content (AvgIpc) is 3.26. The molecule has 1 atom stereocenters. The summed E-state index contributed by atoms with van der Waals surface area (Å²) < 4.78 is 0. The lowest BCUT2D eigenvalue weighted by atomic mass is 9.86. The van der Waals surface area contributed by atoms with Crippen LogP contribution in [0, 0.1) is 12.3 Å². The molecule has 23 heavy (non-hydrogen) atoms. The summed E-state index contributed by atoms with van der Waals surface area (Å²) in [4.78, 5) is 25.8. The van der Waals surface area contributed by atoms with Crippen molar-refractivity contribution >= 4 is 28.6 Å². The van der Waals surface area contributed by atoms with E-state index >= 15 is 0 Å². The number of rotatable bonds is 4. The van der Waals surface area contributed by atoms with Crippen LogP contribution in [0.1, 0.15) is 28.6 Å². The molecular formula is C16H20N4OS2. The van der Waals surface area contributed by atoms with Crippen LogP contribution in [0.15, 0.2) is 17.0 Å². The van der Waals surface area contributed by atoms with E-state index in [9.17, 15) is 4.79 Å². The lowest BCUT2D eigenvalue weighted by Gasteiger charge is -2.23. The monoisotopic (exact) mass is 348 g/mol. The van der Waals surface area contributed by atoms with E-state index in [-0.39, 0.29) is 11.3 Å². The van der Waals surface area contributed by atoms with E-state index in [0.717, 1.165) is 43.3 Å². The lowest BCUT2D eigenvalue weighted by Crippen LogP contribution is -2.31. The molecule has 0 saturated carbocycles. The van der Waals surface area contributed by atoms with Crippen LogP contribution in [0.4, 0.5) is 0 Å². The minimum Gasteiger partial charge on any atom is -0.336 e. The van der Waals surface area contributed by atoms with Gasteiger partial charge < -0.3 is 4.90 Å². The summed E-state index contributed by atoms with van der Waals surface area (Å²) >= 11 is 3.36. The van der Waals surface area contributed by atoms with E-state index in [1.54, 1.807) is 22.7 Å². The molecule has 7 heteroatoms. The Balaban J connectivity index is 1.39. The largest absolute Gasteiger partial charge is 0.336 e. The van der Waals surface area contributed by atoms with Crippen molar-refractivity contribution in [2.75, 3.05) is 19.6 Å². The number of aromatic nitrogens is 2. The predicted molar refractivity (Wildman–Crippen MR) is 91.3 cm³/mol. The third-order valence-electron chi connectivity index (χ3n) is 4.78. The van der Waals surface area contributed by atoms with Gasteiger partial charge in [0, 0.05) is 41.9 Å². The second-order valence-electron chi connectivity index (χ2n) is 6.67. The Morgan fingerprint density at radius 3 is 2.96 bits per heavy atom. The number of nitrogens with zero attached hydrogens (tertiary/aromatic N) is 4. The molecule has 0 bridgehead atoms. The highest BCUT2D eigenvalue weighted by molar-refractivity contribution is 7.09. The molecule has 0 N–H and O–H groups in total. The number of carbonyl (C=O) groups excluding carboxylic acids is 1. The van der Waals surface area contributed by atoms with Gasteiger partial charge in [-0.25, -0.2) is 9.97 Å². The molecule has 2 fully saturated rings. The number of aryl methyl sites for hydroxylation is 1. The smallest absolute Gasteiger partial charge is 0.223 e. The Morgan fingerprint density at radius 1 is 1.30 bits per heavy atom. The predicted octanol–water partition coefficient (Wildman–Crippen LogP) is 2.53.